The number of carbonyl (C=O) groups excluding carboxylic acids is 3. The van der Waals surface area contributed by atoms with Crippen LogP contribution in [0.4, 0.5) is 11.4 Å². The number of carbonyl (C=O) groups is 3. The molecule has 1 saturated heterocycles. The maximum absolute atomic E-state index is 11.9. The van der Waals surface area contributed by atoms with E-state index in [0.29, 0.717) is 15.7 Å². The van der Waals surface area contributed by atoms with Crippen LogP contribution in [0.5, 0.6) is 0 Å². The smallest absolute Gasteiger partial charge is 0.244 e. The Hall–Kier alpha value is -1.93. The summed E-state index contributed by atoms with van der Waals surface area (Å²) in [7, 11) is 0. The molecule has 0 aromatic heterocycles. The van der Waals surface area contributed by atoms with Gasteiger partial charge in [-0.15, -0.1) is 0 Å². The number of thioether (sulfide) groups is 1. The van der Waals surface area contributed by atoms with E-state index in [-0.39, 0.29) is 30.0 Å². The lowest BCUT2D eigenvalue weighted by atomic mass is 10.2. The van der Waals surface area contributed by atoms with Crippen LogP contribution in [0.15, 0.2) is 24.3 Å². The zero-order chi connectivity index (χ0) is 15.4. The molecule has 2 N–H and O–H groups in total. The molecule has 0 aliphatic carbocycles. The molecular weight excluding hydrogens is 310 g/mol. The van der Waals surface area contributed by atoms with Crippen molar-refractivity contribution in [1.82, 2.24) is 4.90 Å². The lowest BCUT2D eigenvalue weighted by Crippen LogP contribution is -2.36. The zero-order valence-corrected chi connectivity index (χ0v) is 12.8. The summed E-state index contributed by atoms with van der Waals surface area (Å²) < 4.78 is 0.419. The Bertz CT molecular complexity index is 602. The first-order chi connectivity index (χ1) is 9.95. The topological polar surface area (TPSA) is 78.5 Å². The van der Waals surface area contributed by atoms with Gasteiger partial charge in [0.2, 0.25) is 17.7 Å². The van der Waals surface area contributed by atoms with E-state index in [4.69, 9.17) is 12.2 Å². The fourth-order valence-electron chi connectivity index (χ4n) is 1.76. The molecule has 1 aliphatic rings. The molecule has 6 nitrogen and oxygen atoms in total. The number of hydrogen-bond acceptors (Lipinski definition) is 5. The normalized spacial score (nSPS) is 14.2. The molecule has 1 heterocycles. The zero-order valence-electron chi connectivity index (χ0n) is 11.2. The molecule has 1 fully saturated rings. The number of amides is 3. The second-order valence-corrected chi connectivity index (χ2v) is 5.95. The SMILES string of the molecule is CC(=O)Nc1cccc(NC(=O)CN2C(=O)CSC2=S)c1. The molecule has 110 valence electrons. The van der Waals surface area contributed by atoms with Crippen molar-refractivity contribution in [2.75, 3.05) is 22.9 Å². The highest BCUT2D eigenvalue weighted by Crippen LogP contribution is 2.19. The van der Waals surface area contributed by atoms with Crippen molar-refractivity contribution in [2.45, 2.75) is 6.92 Å². The highest BCUT2D eigenvalue weighted by Gasteiger charge is 2.28. The summed E-state index contributed by atoms with van der Waals surface area (Å²) in [5.74, 6) is -0.409. The molecule has 8 heteroatoms. The van der Waals surface area contributed by atoms with Crippen LogP contribution >= 0.6 is 24.0 Å². The van der Waals surface area contributed by atoms with Crippen molar-refractivity contribution in [2.24, 2.45) is 0 Å². The lowest BCUT2D eigenvalue weighted by Gasteiger charge is -2.14. The molecule has 0 radical (unpaired) electrons. The summed E-state index contributed by atoms with van der Waals surface area (Å²) in [6, 6.07) is 6.76. The summed E-state index contributed by atoms with van der Waals surface area (Å²) in [4.78, 5) is 35.7. The average molecular weight is 323 g/mol. The number of benzene rings is 1. The van der Waals surface area contributed by atoms with Crippen LogP contribution in [0.25, 0.3) is 0 Å². The quantitative estimate of drug-likeness (QED) is 0.820. The fourth-order valence-corrected chi connectivity index (χ4v) is 2.82. The van der Waals surface area contributed by atoms with E-state index in [0.717, 1.165) is 0 Å². The third-order valence-electron chi connectivity index (χ3n) is 2.61. The van der Waals surface area contributed by atoms with Gasteiger partial charge in [-0.1, -0.05) is 30.0 Å². The van der Waals surface area contributed by atoms with E-state index >= 15 is 0 Å². The minimum absolute atomic E-state index is 0.102. The van der Waals surface area contributed by atoms with Gasteiger partial charge in [0.1, 0.15) is 10.9 Å². The first-order valence-corrected chi connectivity index (χ1v) is 7.50. The van der Waals surface area contributed by atoms with Crippen LogP contribution in [-0.2, 0) is 14.4 Å². The number of nitrogens with one attached hydrogen (secondary N) is 2. The van der Waals surface area contributed by atoms with Gasteiger partial charge in [0.15, 0.2) is 0 Å². The molecular formula is C13H13N3O3S2. The summed E-state index contributed by atoms with van der Waals surface area (Å²) in [6.45, 7) is 1.30. The van der Waals surface area contributed by atoms with E-state index in [2.05, 4.69) is 10.6 Å². The van der Waals surface area contributed by atoms with E-state index < -0.39 is 0 Å². The maximum Gasteiger partial charge on any atom is 0.244 e. The molecule has 0 bridgehead atoms. The van der Waals surface area contributed by atoms with Crippen molar-refractivity contribution in [1.29, 1.82) is 0 Å². The van der Waals surface area contributed by atoms with Gasteiger partial charge >= 0.3 is 0 Å². The number of hydrogen-bond donors (Lipinski definition) is 2. The van der Waals surface area contributed by atoms with Crippen molar-refractivity contribution >= 4 is 57.4 Å². The summed E-state index contributed by atoms with van der Waals surface area (Å²) in [6.07, 6.45) is 0. The highest BCUT2D eigenvalue weighted by atomic mass is 32.2. The Morgan fingerprint density at radius 2 is 2.00 bits per heavy atom. The molecule has 1 aromatic carbocycles. The van der Waals surface area contributed by atoms with Crippen LogP contribution in [0.1, 0.15) is 6.92 Å². The second kappa shape index (κ2) is 6.68. The fraction of sp³-hybridized carbons (Fsp3) is 0.231. The van der Waals surface area contributed by atoms with E-state index in [1.54, 1.807) is 24.3 Å². The van der Waals surface area contributed by atoms with Gasteiger partial charge in [0.25, 0.3) is 0 Å². The summed E-state index contributed by atoms with van der Waals surface area (Å²) in [5, 5.41) is 5.30. The van der Waals surface area contributed by atoms with Crippen molar-refractivity contribution in [3.63, 3.8) is 0 Å². The molecule has 0 spiro atoms. The Kier molecular flexibility index (Phi) is 4.92. The molecule has 1 aliphatic heterocycles. The van der Waals surface area contributed by atoms with Crippen molar-refractivity contribution < 1.29 is 14.4 Å². The van der Waals surface area contributed by atoms with Crippen molar-refractivity contribution in [3.8, 4) is 0 Å². The maximum atomic E-state index is 11.9. The molecule has 21 heavy (non-hydrogen) atoms. The summed E-state index contributed by atoms with van der Waals surface area (Å²) >= 11 is 6.26. The van der Waals surface area contributed by atoms with E-state index in [9.17, 15) is 14.4 Å². The Labute approximate surface area is 131 Å². The third-order valence-corrected chi connectivity index (χ3v) is 4.04. The van der Waals surface area contributed by atoms with Crippen LogP contribution in [0, 0.1) is 0 Å². The second-order valence-electron chi connectivity index (χ2n) is 4.34. The van der Waals surface area contributed by atoms with Gasteiger partial charge in [0, 0.05) is 18.3 Å². The van der Waals surface area contributed by atoms with E-state index in [1.165, 1.54) is 23.6 Å². The Balaban J connectivity index is 1.98. The minimum atomic E-state index is -0.340. The monoisotopic (exact) mass is 323 g/mol. The average Bonchev–Trinajstić information content (AvgIpc) is 2.70. The standard InChI is InChI=1S/C13H13N3O3S2/c1-8(17)14-9-3-2-4-10(5-9)15-11(18)6-16-12(19)7-21-13(16)20/h2-5H,6-7H2,1H3,(H,14,17)(H,15,18). The lowest BCUT2D eigenvalue weighted by molar-refractivity contribution is -0.128. The Morgan fingerprint density at radius 3 is 2.57 bits per heavy atom. The van der Waals surface area contributed by atoms with Crippen LogP contribution in [0.3, 0.4) is 0 Å². The van der Waals surface area contributed by atoms with Gasteiger partial charge in [-0.3, -0.25) is 19.3 Å². The van der Waals surface area contributed by atoms with Gasteiger partial charge in [0.05, 0.1) is 5.75 Å². The Morgan fingerprint density at radius 1 is 1.33 bits per heavy atom. The predicted molar refractivity (Wildman–Crippen MR) is 86.1 cm³/mol. The third kappa shape index (κ3) is 4.27. The highest BCUT2D eigenvalue weighted by molar-refractivity contribution is 8.23. The van der Waals surface area contributed by atoms with Gasteiger partial charge < -0.3 is 10.6 Å². The summed E-state index contributed by atoms with van der Waals surface area (Å²) in [5.41, 5.74) is 1.13. The molecule has 1 aromatic rings. The molecule has 2 rings (SSSR count). The minimum Gasteiger partial charge on any atom is -0.326 e. The van der Waals surface area contributed by atoms with Crippen molar-refractivity contribution in [3.05, 3.63) is 24.3 Å². The van der Waals surface area contributed by atoms with Gasteiger partial charge in [-0.2, -0.15) is 0 Å². The van der Waals surface area contributed by atoms with Gasteiger partial charge in [-0.05, 0) is 18.2 Å². The molecule has 0 atom stereocenters. The molecule has 3 amide bonds. The van der Waals surface area contributed by atoms with Crippen LogP contribution in [-0.4, -0.2) is 39.2 Å². The number of nitrogens with zero attached hydrogens (tertiary/aromatic N) is 1. The number of anilines is 2. The van der Waals surface area contributed by atoms with E-state index in [1.807, 2.05) is 0 Å². The van der Waals surface area contributed by atoms with Gasteiger partial charge in [-0.25, -0.2) is 0 Å². The number of thiocarbonyl (C=S) groups is 1. The largest absolute Gasteiger partial charge is 0.326 e. The van der Waals surface area contributed by atoms with Crippen LogP contribution in [0.2, 0.25) is 0 Å². The first-order valence-electron chi connectivity index (χ1n) is 6.10. The predicted octanol–water partition coefficient (Wildman–Crippen LogP) is 1.44. The number of rotatable bonds is 4. The first kappa shape index (κ1) is 15.5. The molecule has 0 unspecified atom stereocenters. The molecule has 0 saturated carbocycles. The van der Waals surface area contributed by atoms with Crippen LogP contribution < -0.4 is 10.6 Å².